The third-order valence-corrected chi connectivity index (χ3v) is 4.84. The molecule has 1 atom stereocenters. The molecule has 7 nitrogen and oxygen atoms in total. The number of furan rings is 1. The van der Waals surface area contributed by atoms with Crippen LogP contribution in [0.5, 0.6) is 0 Å². The van der Waals surface area contributed by atoms with Crippen molar-refractivity contribution in [3.63, 3.8) is 0 Å². The number of anilines is 1. The van der Waals surface area contributed by atoms with Crippen molar-refractivity contribution in [2.24, 2.45) is 5.92 Å². The van der Waals surface area contributed by atoms with Gasteiger partial charge in [-0.2, -0.15) is 0 Å². The summed E-state index contributed by atoms with van der Waals surface area (Å²) in [6, 6.07) is 9.11. The topological polar surface area (TPSA) is 99.9 Å². The highest BCUT2D eigenvalue weighted by atomic mass is 16.4. The van der Waals surface area contributed by atoms with Crippen LogP contribution >= 0.6 is 0 Å². The molecule has 0 unspecified atom stereocenters. The summed E-state index contributed by atoms with van der Waals surface area (Å²) < 4.78 is 5.41. The van der Waals surface area contributed by atoms with E-state index in [-0.39, 0.29) is 36.3 Å². The Morgan fingerprint density at radius 1 is 1.33 bits per heavy atom. The molecule has 2 N–H and O–H groups in total. The highest BCUT2D eigenvalue weighted by Crippen LogP contribution is 2.27. The first-order valence-electron chi connectivity index (χ1n) is 8.80. The summed E-state index contributed by atoms with van der Waals surface area (Å²) in [5.74, 6) is -0.729. The van der Waals surface area contributed by atoms with Gasteiger partial charge in [-0.05, 0) is 37.5 Å². The van der Waals surface area contributed by atoms with Gasteiger partial charge in [-0.3, -0.25) is 9.59 Å². The zero-order valence-electron chi connectivity index (χ0n) is 15.3. The first-order valence-corrected chi connectivity index (χ1v) is 8.80. The number of nitrogens with one attached hydrogen (secondary N) is 1. The number of aromatic carboxylic acids is 1. The summed E-state index contributed by atoms with van der Waals surface area (Å²) in [5, 5.41) is 12.0. The van der Waals surface area contributed by atoms with Crippen molar-refractivity contribution in [2.75, 3.05) is 12.4 Å². The molecule has 2 amide bonds. The van der Waals surface area contributed by atoms with E-state index < -0.39 is 5.97 Å². The van der Waals surface area contributed by atoms with Crippen LogP contribution in [0.4, 0.5) is 5.69 Å². The second kappa shape index (κ2) is 7.65. The molecule has 0 bridgehead atoms. The number of carboxylic acids is 1. The van der Waals surface area contributed by atoms with Gasteiger partial charge in [-0.1, -0.05) is 18.2 Å². The number of aryl methyl sites for hydroxylation is 1. The molecule has 142 valence electrons. The van der Waals surface area contributed by atoms with Crippen LogP contribution in [0.25, 0.3) is 0 Å². The van der Waals surface area contributed by atoms with Crippen LogP contribution in [0.15, 0.2) is 34.7 Å². The maximum Gasteiger partial charge on any atom is 0.339 e. The minimum Gasteiger partial charge on any atom is -0.478 e. The Kier molecular flexibility index (Phi) is 5.30. The normalized spacial score (nSPS) is 15.8. The van der Waals surface area contributed by atoms with Crippen LogP contribution in [0.3, 0.4) is 0 Å². The molecule has 0 fully saturated rings. The number of para-hydroxylation sites is 1. The standard InChI is InChI=1S/C20H22N2O5/c1-12-16(20(25)26)10-15(27-12)11-22(2)18(23)8-7-14-9-13-5-3-4-6-17(13)21-19(14)24/h3-6,10,14H,7-9,11H2,1-2H3,(H,21,24)(H,25,26)/t14-/m1/s1. The number of carboxylic acid groups (broad SMARTS) is 1. The zero-order chi connectivity index (χ0) is 19.6. The number of hydrogen-bond donors (Lipinski definition) is 2. The van der Waals surface area contributed by atoms with Crippen molar-refractivity contribution in [3.05, 3.63) is 53.0 Å². The minimum atomic E-state index is -1.06. The van der Waals surface area contributed by atoms with Gasteiger partial charge in [0.25, 0.3) is 0 Å². The Bertz CT molecular complexity index is 886. The Morgan fingerprint density at radius 2 is 2.07 bits per heavy atom. The fourth-order valence-electron chi connectivity index (χ4n) is 3.29. The first-order chi connectivity index (χ1) is 12.8. The molecule has 0 saturated carbocycles. The van der Waals surface area contributed by atoms with Crippen molar-refractivity contribution < 1.29 is 23.9 Å². The van der Waals surface area contributed by atoms with Crippen LogP contribution in [-0.2, 0) is 22.6 Å². The molecule has 1 aliphatic heterocycles. The molecule has 1 aliphatic rings. The number of carbonyl (C=O) groups is 3. The SMILES string of the molecule is Cc1oc(CN(C)C(=O)CC[C@@H]2Cc3ccccc3NC2=O)cc1C(=O)O. The highest BCUT2D eigenvalue weighted by Gasteiger charge is 2.27. The molecule has 0 saturated heterocycles. The maximum absolute atomic E-state index is 12.4. The largest absolute Gasteiger partial charge is 0.478 e. The molecular weight excluding hydrogens is 348 g/mol. The molecule has 1 aromatic heterocycles. The predicted octanol–water partition coefficient (Wildman–Crippen LogP) is 2.84. The van der Waals surface area contributed by atoms with Crippen molar-refractivity contribution in [1.82, 2.24) is 4.90 Å². The lowest BCUT2D eigenvalue weighted by atomic mass is 9.89. The summed E-state index contributed by atoms with van der Waals surface area (Å²) in [5.41, 5.74) is 2.02. The molecular formula is C20H22N2O5. The summed E-state index contributed by atoms with van der Waals surface area (Å²) in [6.07, 6.45) is 1.32. The maximum atomic E-state index is 12.4. The number of rotatable bonds is 6. The van der Waals surface area contributed by atoms with Crippen LogP contribution < -0.4 is 5.32 Å². The van der Waals surface area contributed by atoms with E-state index in [2.05, 4.69) is 5.32 Å². The third kappa shape index (κ3) is 4.19. The smallest absolute Gasteiger partial charge is 0.339 e. The average Bonchev–Trinajstić information content (AvgIpc) is 3.00. The highest BCUT2D eigenvalue weighted by molar-refractivity contribution is 5.96. The van der Waals surface area contributed by atoms with Gasteiger partial charge in [0.05, 0.1) is 6.54 Å². The Labute approximate surface area is 157 Å². The van der Waals surface area contributed by atoms with Crippen molar-refractivity contribution in [3.8, 4) is 0 Å². The molecule has 2 aromatic rings. The lowest BCUT2D eigenvalue weighted by molar-refractivity contribution is -0.131. The molecule has 1 aromatic carbocycles. The van der Waals surface area contributed by atoms with Gasteiger partial charge in [0, 0.05) is 25.1 Å². The van der Waals surface area contributed by atoms with E-state index in [1.807, 2.05) is 24.3 Å². The van der Waals surface area contributed by atoms with E-state index in [0.29, 0.717) is 24.4 Å². The molecule has 7 heteroatoms. The fraction of sp³-hybridized carbons (Fsp3) is 0.350. The molecule has 3 rings (SSSR count). The molecule has 0 spiro atoms. The van der Waals surface area contributed by atoms with E-state index >= 15 is 0 Å². The Balaban J connectivity index is 1.55. The summed E-state index contributed by atoms with van der Waals surface area (Å²) in [7, 11) is 1.64. The lowest BCUT2D eigenvalue weighted by Gasteiger charge is -2.25. The van der Waals surface area contributed by atoms with Crippen LogP contribution in [0.1, 0.15) is 40.3 Å². The summed E-state index contributed by atoms with van der Waals surface area (Å²) >= 11 is 0. The second-order valence-corrected chi connectivity index (χ2v) is 6.82. The zero-order valence-corrected chi connectivity index (χ0v) is 15.3. The van der Waals surface area contributed by atoms with E-state index in [9.17, 15) is 14.4 Å². The molecule has 2 heterocycles. The molecule has 0 aliphatic carbocycles. The first kappa shape index (κ1) is 18.7. The van der Waals surface area contributed by atoms with Crippen molar-refractivity contribution in [2.45, 2.75) is 32.7 Å². The monoisotopic (exact) mass is 370 g/mol. The number of carbonyl (C=O) groups excluding carboxylic acids is 2. The van der Waals surface area contributed by atoms with Crippen molar-refractivity contribution in [1.29, 1.82) is 0 Å². The van der Waals surface area contributed by atoms with E-state index in [0.717, 1.165) is 11.3 Å². The van der Waals surface area contributed by atoms with Gasteiger partial charge in [0.15, 0.2) is 0 Å². The lowest BCUT2D eigenvalue weighted by Crippen LogP contribution is -2.32. The number of benzene rings is 1. The van der Waals surface area contributed by atoms with Gasteiger partial charge < -0.3 is 19.7 Å². The van der Waals surface area contributed by atoms with E-state index in [1.165, 1.54) is 11.0 Å². The summed E-state index contributed by atoms with van der Waals surface area (Å²) in [6.45, 7) is 1.76. The average molecular weight is 370 g/mol. The van der Waals surface area contributed by atoms with Gasteiger partial charge >= 0.3 is 5.97 Å². The predicted molar refractivity (Wildman–Crippen MR) is 98.4 cm³/mol. The summed E-state index contributed by atoms with van der Waals surface area (Å²) in [4.78, 5) is 37.2. The number of hydrogen-bond acceptors (Lipinski definition) is 4. The molecule has 0 radical (unpaired) electrons. The van der Waals surface area contributed by atoms with Gasteiger partial charge in [0.1, 0.15) is 17.1 Å². The van der Waals surface area contributed by atoms with Gasteiger partial charge in [-0.15, -0.1) is 0 Å². The number of nitrogens with zero attached hydrogens (tertiary/aromatic N) is 1. The quantitative estimate of drug-likeness (QED) is 0.814. The Hall–Kier alpha value is -3.09. The van der Waals surface area contributed by atoms with E-state index in [4.69, 9.17) is 9.52 Å². The number of fused-ring (bicyclic) bond motifs is 1. The third-order valence-electron chi connectivity index (χ3n) is 4.84. The van der Waals surface area contributed by atoms with E-state index in [1.54, 1.807) is 14.0 Å². The molecule has 27 heavy (non-hydrogen) atoms. The van der Waals surface area contributed by atoms with Gasteiger partial charge in [0.2, 0.25) is 11.8 Å². The second-order valence-electron chi connectivity index (χ2n) is 6.82. The van der Waals surface area contributed by atoms with Gasteiger partial charge in [-0.25, -0.2) is 4.79 Å². The fourth-order valence-corrected chi connectivity index (χ4v) is 3.29. The van der Waals surface area contributed by atoms with Crippen molar-refractivity contribution >= 4 is 23.5 Å². The van der Waals surface area contributed by atoms with Crippen LogP contribution in [-0.4, -0.2) is 34.8 Å². The Morgan fingerprint density at radius 3 is 2.78 bits per heavy atom. The van der Waals surface area contributed by atoms with Crippen LogP contribution in [0.2, 0.25) is 0 Å². The van der Waals surface area contributed by atoms with Crippen LogP contribution in [0, 0.1) is 12.8 Å². The minimum absolute atomic E-state index is 0.0584. The number of amides is 2.